The van der Waals surface area contributed by atoms with Crippen molar-refractivity contribution in [2.24, 2.45) is 0 Å². The lowest BCUT2D eigenvalue weighted by molar-refractivity contribution is -0.143. The van der Waals surface area contributed by atoms with Crippen LogP contribution in [0.4, 0.5) is 0 Å². The smallest absolute Gasteiger partial charge is 0.329 e. The van der Waals surface area contributed by atoms with Gasteiger partial charge in [-0.3, -0.25) is 4.79 Å². The van der Waals surface area contributed by atoms with E-state index in [9.17, 15) is 9.59 Å². The summed E-state index contributed by atoms with van der Waals surface area (Å²) < 4.78 is 4.67. The molecule has 0 spiro atoms. The zero-order valence-corrected chi connectivity index (χ0v) is 10.5. The molecule has 0 saturated heterocycles. The second kappa shape index (κ2) is 9.47. The Bertz CT molecular complexity index is 223. The number of ether oxygens (including phenoxy) is 1. The van der Waals surface area contributed by atoms with Crippen LogP contribution >= 0.6 is 11.8 Å². The molecule has 0 aliphatic carbocycles. The maximum absolute atomic E-state index is 11.2. The molecule has 16 heavy (non-hydrogen) atoms. The molecule has 2 N–H and O–H groups in total. The van der Waals surface area contributed by atoms with Crippen LogP contribution in [0, 0.1) is 0 Å². The van der Waals surface area contributed by atoms with Crippen molar-refractivity contribution in [3.63, 3.8) is 0 Å². The molecule has 0 aliphatic heterocycles. The molecular weight excluding hydrogens is 230 g/mol. The number of amides is 1. The van der Waals surface area contributed by atoms with E-state index in [4.69, 9.17) is 5.11 Å². The standard InChI is InChI=1S/C10H19NO4S/c1-3-16-5-4-8(2)11-9(12)6-15-7-10(13)14/h8H,3-7H2,1-2H3,(H,11,12)(H,13,14). The average molecular weight is 249 g/mol. The highest BCUT2D eigenvalue weighted by molar-refractivity contribution is 7.99. The molecule has 0 aromatic carbocycles. The first-order chi connectivity index (χ1) is 7.56. The fourth-order valence-corrected chi connectivity index (χ4v) is 1.83. The van der Waals surface area contributed by atoms with Crippen molar-refractivity contribution in [3.05, 3.63) is 0 Å². The number of aliphatic carboxylic acids is 1. The van der Waals surface area contributed by atoms with Gasteiger partial charge in [0, 0.05) is 6.04 Å². The van der Waals surface area contributed by atoms with Crippen LogP contribution in [0.3, 0.4) is 0 Å². The molecule has 0 fully saturated rings. The van der Waals surface area contributed by atoms with Gasteiger partial charge in [-0.1, -0.05) is 6.92 Å². The third-order valence-electron chi connectivity index (χ3n) is 1.77. The highest BCUT2D eigenvalue weighted by Gasteiger charge is 2.07. The summed E-state index contributed by atoms with van der Waals surface area (Å²) in [6.07, 6.45) is 0.906. The second-order valence-electron chi connectivity index (χ2n) is 3.34. The van der Waals surface area contributed by atoms with Gasteiger partial charge in [-0.25, -0.2) is 4.79 Å². The summed E-state index contributed by atoms with van der Waals surface area (Å²) in [6.45, 7) is 3.38. The van der Waals surface area contributed by atoms with Gasteiger partial charge in [0.25, 0.3) is 0 Å². The SMILES string of the molecule is CCSCCC(C)NC(=O)COCC(=O)O. The van der Waals surface area contributed by atoms with Crippen molar-refractivity contribution < 1.29 is 19.4 Å². The molecule has 0 saturated carbocycles. The largest absolute Gasteiger partial charge is 0.480 e. The normalized spacial score (nSPS) is 12.1. The lowest BCUT2D eigenvalue weighted by Gasteiger charge is -2.13. The molecule has 94 valence electrons. The Kier molecular flexibility index (Phi) is 9.03. The summed E-state index contributed by atoms with van der Waals surface area (Å²) in [7, 11) is 0. The van der Waals surface area contributed by atoms with Gasteiger partial charge in [-0.05, 0) is 24.9 Å². The van der Waals surface area contributed by atoms with E-state index in [0.717, 1.165) is 17.9 Å². The van der Waals surface area contributed by atoms with Gasteiger partial charge in [0.15, 0.2) is 0 Å². The lowest BCUT2D eigenvalue weighted by Crippen LogP contribution is -2.36. The van der Waals surface area contributed by atoms with Crippen LogP contribution in [0.15, 0.2) is 0 Å². The van der Waals surface area contributed by atoms with Crippen molar-refractivity contribution in [1.29, 1.82) is 0 Å². The quantitative estimate of drug-likeness (QED) is 0.589. The topological polar surface area (TPSA) is 75.6 Å². The fourth-order valence-electron chi connectivity index (χ4n) is 1.02. The van der Waals surface area contributed by atoms with Crippen molar-refractivity contribution in [2.75, 3.05) is 24.7 Å². The van der Waals surface area contributed by atoms with E-state index in [-0.39, 0.29) is 18.6 Å². The minimum Gasteiger partial charge on any atom is -0.480 e. The number of nitrogens with one attached hydrogen (secondary N) is 1. The van der Waals surface area contributed by atoms with Crippen LogP contribution in [-0.2, 0) is 14.3 Å². The van der Waals surface area contributed by atoms with Crippen LogP contribution in [0.5, 0.6) is 0 Å². The predicted octanol–water partition coefficient (Wildman–Crippen LogP) is 0.735. The summed E-state index contributed by atoms with van der Waals surface area (Å²) in [5.74, 6) is 0.742. The summed E-state index contributed by atoms with van der Waals surface area (Å²) in [4.78, 5) is 21.3. The highest BCUT2D eigenvalue weighted by Crippen LogP contribution is 2.03. The van der Waals surface area contributed by atoms with Crippen molar-refractivity contribution >= 4 is 23.6 Å². The fraction of sp³-hybridized carbons (Fsp3) is 0.800. The summed E-state index contributed by atoms with van der Waals surface area (Å²) in [6, 6.07) is 0.0972. The molecule has 0 rings (SSSR count). The van der Waals surface area contributed by atoms with Crippen molar-refractivity contribution in [1.82, 2.24) is 5.32 Å². The molecule has 0 aliphatic rings. The Morgan fingerprint density at radius 2 is 2.12 bits per heavy atom. The first-order valence-electron chi connectivity index (χ1n) is 5.23. The van der Waals surface area contributed by atoms with E-state index in [1.807, 2.05) is 18.7 Å². The van der Waals surface area contributed by atoms with E-state index < -0.39 is 12.6 Å². The van der Waals surface area contributed by atoms with Crippen LogP contribution in [0.25, 0.3) is 0 Å². The average Bonchev–Trinajstić information content (AvgIpc) is 2.17. The monoisotopic (exact) mass is 249 g/mol. The van der Waals surface area contributed by atoms with E-state index >= 15 is 0 Å². The number of hydrogen-bond acceptors (Lipinski definition) is 4. The molecule has 0 aromatic rings. The Balaban J connectivity index is 3.50. The van der Waals surface area contributed by atoms with Gasteiger partial charge in [0.05, 0.1) is 0 Å². The third-order valence-corrected chi connectivity index (χ3v) is 2.70. The Hall–Kier alpha value is -0.750. The summed E-state index contributed by atoms with van der Waals surface area (Å²) in [5, 5.41) is 11.0. The summed E-state index contributed by atoms with van der Waals surface area (Å²) in [5.41, 5.74) is 0. The van der Waals surface area contributed by atoms with E-state index in [2.05, 4.69) is 17.0 Å². The van der Waals surface area contributed by atoms with Gasteiger partial charge in [-0.2, -0.15) is 11.8 Å². The number of carboxylic acid groups (broad SMARTS) is 1. The molecule has 1 atom stereocenters. The first kappa shape index (κ1) is 15.2. The van der Waals surface area contributed by atoms with E-state index in [1.54, 1.807) is 0 Å². The number of carbonyl (C=O) groups excluding carboxylic acids is 1. The number of rotatable bonds is 9. The van der Waals surface area contributed by atoms with Crippen molar-refractivity contribution in [3.8, 4) is 0 Å². The minimum absolute atomic E-state index is 0.0972. The highest BCUT2D eigenvalue weighted by atomic mass is 32.2. The zero-order valence-electron chi connectivity index (χ0n) is 9.69. The molecule has 0 radical (unpaired) electrons. The molecule has 0 bridgehead atoms. The maximum Gasteiger partial charge on any atom is 0.329 e. The van der Waals surface area contributed by atoms with Crippen LogP contribution in [0.2, 0.25) is 0 Å². The van der Waals surface area contributed by atoms with E-state index in [1.165, 1.54) is 0 Å². The third kappa shape index (κ3) is 9.79. The number of hydrogen-bond donors (Lipinski definition) is 2. The molecule has 0 heterocycles. The van der Waals surface area contributed by atoms with Gasteiger partial charge in [0.2, 0.25) is 5.91 Å². The van der Waals surface area contributed by atoms with Crippen LogP contribution < -0.4 is 5.32 Å². The molecule has 1 amide bonds. The lowest BCUT2D eigenvalue weighted by atomic mass is 10.2. The number of carboxylic acids is 1. The van der Waals surface area contributed by atoms with Crippen LogP contribution in [0.1, 0.15) is 20.3 Å². The Morgan fingerprint density at radius 1 is 1.44 bits per heavy atom. The maximum atomic E-state index is 11.2. The minimum atomic E-state index is -1.07. The number of thioether (sulfide) groups is 1. The van der Waals surface area contributed by atoms with Crippen molar-refractivity contribution in [2.45, 2.75) is 26.3 Å². The molecular formula is C10H19NO4S. The molecule has 0 aromatic heterocycles. The van der Waals surface area contributed by atoms with Gasteiger partial charge < -0.3 is 15.2 Å². The van der Waals surface area contributed by atoms with Gasteiger partial charge in [0.1, 0.15) is 13.2 Å². The van der Waals surface area contributed by atoms with Gasteiger partial charge >= 0.3 is 5.97 Å². The Morgan fingerprint density at radius 3 is 2.69 bits per heavy atom. The molecule has 1 unspecified atom stereocenters. The zero-order chi connectivity index (χ0) is 12.4. The second-order valence-corrected chi connectivity index (χ2v) is 4.73. The predicted molar refractivity (Wildman–Crippen MR) is 63.7 cm³/mol. The molecule has 6 heteroatoms. The first-order valence-corrected chi connectivity index (χ1v) is 6.38. The van der Waals surface area contributed by atoms with E-state index in [0.29, 0.717) is 0 Å². The molecule has 5 nitrogen and oxygen atoms in total. The Labute approximate surface area is 99.9 Å². The van der Waals surface area contributed by atoms with Crippen LogP contribution in [-0.4, -0.2) is 47.7 Å². The summed E-state index contributed by atoms with van der Waals surface area (Å²) >= 11 is 1.83. The number of carbonyl (C=O) groups is 2. The van der Waals surface area contributed by atoms with Gasteiger partial charge in [-0.15, -0.1) is 0 Å².